The van der Waals surface area contributed by atoms with Gasteiger partial charge < -0.3 is 20.3 Å². The maximum absolute atomic E-state index is 12.2. The van der Waals surface area contributed by atoms with E-state index in [1.165, 1.54) is 0 Å². The van der Waals surface area contributed by atoms with E-state index in [-0.39, 0.29) is 23.6 Å². The van der Waals surface area contributed by atoms with Crippen LogP contribution in [0, 0.1) is 0 Å². The van der Waals surface area contributed by atoms with Gasteiger partial charge in [-0.1, -0.05) is 54.1 Å². The minimum absolute atomic E-state index is 0.168. The van der Waals surface area contributed by atoms with Gasteiger partial charge in [-0.15, -0.1) is 0 Å². The van der Waals surface area contributed by atoms with Crippen LogP contribution in [0.1, 0.15) is 15.9 Å². The zero-order chi connectivity index (χ0) is 19.4. The molecule has 7 heteroatoms. The molecule has 0 radical (unpaired) electrons. The standard InChI is InChI=1S/C20H16ClNO5/c21-16-8-4-1-5-12(16)10-22-18(24)11-27-20(26)15-9-17(23)13-6-2-3-7-14(13)19(15)25/h1-9,23,25H,10-11H2,(H,22,24). The van der Waals surface area contributed by atoms with Gasteiger partial charge in [-0.2, -0.15) is 0 Å². The van der Waals surface area contributed by atoms with Gasteiger partial charge in [0, 0.05) is 22.3 Å². The molecule has 0 aliphatic heterocycles. The van der Waals surface area contributed by atoms with Crippen LogP contribution in [0.15, 0.2) is 54.6 Å². The third kappa shape index (κ3) is 4.12. The molecule has 0 spiro atoms. The molecule has 0 aliphatic carbocycles. The number of hydrogen-bond acceptors (Lipinski definition) is 5. The van der Waals surface area contributed by atoms with Crippen molar-refractivity contribution in [2.45, 2.75) is 6.54 Å². The normalized spacial score (nSPS) is 10.6. The van der Waals surface area contributed by atoms with Gasteiger partial charge >= 0.3 is 5.97 Å². The topological polar surface area (TPSA) is 95.9 Å². The first kappa shape index (κ1) is 18.5. The van der Waals surface area contributed by atoms with Crippen LogP contribution in [0.3, 0.4) is 0 Å². The molecule has 138 valence electrons. The molecular formula is C20H16ClNO5. The minimum atomic E-state index is -0.915. The SMILES string of the molecule is O=C(COC(=O)c1cc(O)c2ccccc2c1O)NCc1ccccc1Cl. The number of ether oxygens (including phenoxy) is 1. The Morgan fingerprint density at radius 2 is 1.67 bits per heavy atom. The van der Waals surface area contributed by atoms with Gasteiger partial charge in [0.15, 0.2) is 6.61 Å². The molecule has 0 saturated carbocycles. The molecule has 0 unspecified atom stereocenters. The molecular weight excluding hydrogens is 370 g/mol. The monoisotopic (exact) mass is 385 g/mol. The number of phenols is 2. The Morgan fingerprint density at radius 1 is 1.00 bits per heavy atom. The minimum Gasteiger partial charge on any atom is -0.507 e. The van der Waals surface area contributed by atoms with Crippen molar-refractivity contribution >= 4 is 34.2 Å². The van der Waals surface area contributed by atoms with E-state index in [4.69, 9.17) is 16.3 Å². The Labute approximate surface area is 160 Å². The third-order valence-electron chi connectivity index (χ3n) is 3.98. The fourth-order valence-electron chi connectivity index (χ4n) is 2.59. The highest BCUT2D eigenvalue weighted by molar-refractivity contribution is 6.31. The van der Waals surface area contributed by atoms with Gasteiger partial charge in [0.2, 0.25) is 0 Å². The van der Waals surface area contributed by atoms with E-state index >= 15 is 0 Å². The molecule has 0 aliphatic rings. The number of hydrogen-bond donors (Lipinski definition) is 3. The molecule has 3 aromatic rings. The molecule has 0 aromatic heterocycles. The molecule has 3 N–H and O–H groups in total. The fraction of sp³-hybridized carbons (Fsp3) is 0.100. The fourth-order valence-corrected chi connectivity index (χ4v) is 2.79. The van der Waals surface area contributed by atoms with Gasteiger partial charge in [0.05, 0.1) is 0 Å². The summed E-state index contributed by atoms with van der Waals surface area (Å²) in [6.07, 6.45) is 0. The third-order valence-corrected chi connectivity index (χ3v) is 4.35. The second kappa shape index (κ2) is 7.97. The van der Waals surface area contributed by atoms with Crippen LogP contribution in [-0.2, 0) is 16.1 Å². The number of aromatic hydroxyl groups is 2. The Morgan fingerprint density at radius 3 is 2.41 bits per heavy atom. The van der Waals surface area contributed by atoms with E-state index in [2.05, 4.69) is 5.32 Å². The molecule has 0 atom stereocenters. The summed E-state index contributed by atoms with van der Waals surface area (Å²) in [5.74, 6) is -1.92. The first-order valence-corrected chi connectivity index (χ1v) is 8.46. The number of benzene rings is 3. The van der Waals surface area contributed by atoms with Gasteiger partial charge in [-0.25, -0.2) is 4.79 Å². The van der Waals surface area contributed by atoms with E-state index in [9.17, 15) is 19.8 Å². The highest BCUT2D eigenvalue weighted by atomic mass is 35.5. The summed E-state index contributed by atoms with van der Waals surface area (Å²) in [5, 5.41) is 24.1. The predicted molar refractivity (Wildman–Crippen MR) is 101 cm³/mol. The largest absolute Gasteiger partial charge is 0.507 e. The van der Waals surface area contributed by atoms with Gasteiger partial charge in [-0.3, -0.25) is 4.79 Å². The first-order chi connectivity index (χ1) is 13.0. The molecule has 27 heavy (non-hydrogen) atoms. The van der Waals surface area contributed by atoms with Gasteiger partial charge in [-0.05, 0) is 17.7 Å². The molecule has 0 bridgehead atoms. The molecule has 0 saturated heterocycles. The maximum Gasteiger partial charge on any atom is 0.342 e. The second-order valence-electron chi connectivity index (χ2n) is 5.78. The van der Waals surface area contributed by atoms with E-state index in [1.807, 2.05) is 0 Å². The van der Waals surface area contributed by atoms with E-state index < -0.39 is 18.5 Å². The van der Waals surface area contributed by atoms with Crippen LogP contribution in [0.5, 0.6) is 11.5 Å². The van der Waals surface area contributed by atoms with Crippen LogP contribution in [-0.4, -0.2) is 28.7 Å². The number of esters is 1. The summed E-state index contributed by atoms with van der Waals surface area (Å²) in [7, 11) is 0. The van der Waals surface area contributed by atoms with Crippen molar-refractivity contribution in [2.75, 3.05) is 6.61 Å². The van der Waals surface area contributed by atoms with Crippen molar-refractivity contribution in [1.82, 2.24) is 5.32 Å². The van der Waals surface area contributed by atoms with Crippen molar-refractivity contribution in [1.29, 1.82) is 0 Å². The smallest absolute Gasteiger partial charge is 0.342 e. The number of phenolic OH excluding ortho intramolecular Hbond substituents is 2. The van der Waals surface area contributed by atoms with Gasteiger partial charge in [0.1, 0.15) is 17.1 Å². The average Bonchev–Trinajstić information content (AvgIpc) is 2.68. The Bertz CT molecular complexity index is 1020. The first-order valence-electron chi connectivity index (χ1n) is 8.08. The lowest BCUT2D eigenvalue weighted by Gasteiger charge is -2.10. The van der Waals surface area contributed by atoms with Crippen LogP contribution in [0.2, 0.25) is 5.02 Å². The van der Waals surface area contributed by atoms with E-state index in [0.717, 1.165) is 11.6 Å². The summed E-state index contributed by atoms with van der Waals surface area (Å²) in [6.45, 7) is -0.339. The van der Waals surface area contributed by atoms with E-state index in [0.29, 0.717) is 15.8 Å². The molecule has 0 fully saturated rings. The van der Waals surface area contributed by atoms with Crippen molar-refractivity contribution in [3.05, 3.63) is 70.7 Å². The summed E-state index contributed by atoms with van der Waals surface area (Å²) < 4.78 is 4.94. The van der Waals surface area contributed by atoms with Crippen molar-refractivity contribution < 1.29 is 24.5 Å². The quantitative estimate of drug-likeness (QED) is 0.462. The van der Waals surface area contributed by atoms with Gasteiger partial charge in [0.25, 0.3) is 5.91 Å². The molecule has 1 amide bonds. The lowest BCUT2D eigenvalue weighted by molar-refractivity contribution is -0.124. The zero-order valence-electron chi connectivity index (χ0n) is 14.1. The molecule has 6 nitrogen and oxygen atoms in total. The number of rotatable bonds is 5. The number of fused-ring (bicyclic) bond motifs is 1. The Hall–Kier alpha value is -3.25. The number of carbonyl (C=O) groups excluding carboxylic acids is 2. The lowest BCUT2D eigenvalue weighted by atomic mass is 10.0. The summed E-state index contributed by atoms with van der Waals surface area (Å²) in [5.41, 5.74) is 0.515. The highest BCUT2D eigenvalue weighted by Crippen LogP contribution is 2.35. The van der Waals surface area contributed by atoms with Crippen LogP contribution in [0.25, 0.3) is 10.8 Å². The summed E-state index contributed by atoms with van der Waals surface area (Å²) in [6, 6.07) is 14.7. The Balaban J connectivity index is 1.64. The van der Waals surface area contributed by atoms with Crippen LogP contribution < -0.4 is 5.32 Å². The maximum atomic E-state index is 12.2. The van der Waals surface area contributed by atoms with Crippen LogP contribution >= 0.6 is 11.6 Å². The van der Waals surface area contributed by atoms with Crippen molar-refractivity contribution in [2.24, 2.45) is 0 Å². The lowest BCUT2D eigenvalue weighted by Crippen LogP contribution is -2.28. The van der Waals surface area contributed by atoms with Crippen molar-refractivity contribution in [3.63, 3.8) is 0 Å². The highest BCUT2D eigenvalue weighted by Gasteiger charge is 2.19. The molecule has 0 heterocycles. The summed E-state index contributed by atoms with van der Waals surface area (Å²) in [4.78, 5) is 24.1. The zero-order valence-corrected chi connectivity index (χ0v) is 14.9. The Kier molecular flexibility index (Phi) is 5.47. The predicted octanol–water partition coefficient (Wildman–Crippen LogP) is 3.38. The number of nitrogens with one attached hydrogen (secondary N) is 1. The number of carbonyl (C=O) groups is 2. The van der Waals surface area contributed by atoms with E-state index in [1.54, 1.807) is 48.5 Å². The number of amides is 1. The van der Waals surface area contributed by atoms with Crippen LogP contribution in [0.4, 0.5) is 0 Å². The van der Waals surface area contributed by atoms with Crippen molar-refractivity contribution in [3.8, 4) is 11.5 Å². The second-order valence-corrected chi connectivity index (χ2v) is 6.19. The average molecular weight is 386 g/mol. The number of halogens is 1. The molecule has 3 aromatic carbocycles. The summed E-state index contributed by atoms with van der Waals surface area (Å²) >= 11 is 6.01. The molecule has 3 rings (SSSR count).